The SMILES string of the molecule is C[C@H]1CN(c2cc(CC(C)(C)F)cc(C(F)(F)F)c2-c2nn[nH]n2)CCN1Cc1cccnn1. The van der Waals surface area contributed by atoms with Gasteiger partial charge < -0.3 is 4.90 Å². The molecule has 3 heterocycles. The second kappa shape index (κ2) is 9.24. The monoisotopic (exact) mass is 478 g/mol. The van der Waals surface area contributed by atoms with Gasteiger partial charge in [-0.3, -0.25) is 4.90 Å². The van der Waals surface area contributed by atoms with E-state index in [0.717, 1.165) is 11.8 Å². The molecule has 1 saturated heterocycles. The first-order valence-electron chi connectivity index (χ1n) is 10.9. The molecule has 1 atom stereocenters. The van der Waals surface area contributed by atoms with Crippen LogP contribution in [-0.2, 0) is 19.1 Å². The lowest BCUT2D eigenvalue weighted by molar-refractivity contribution is -0.137. The highest BCUT2D eigenvalue weighted by molar-refractivity contribution is 5.79. The minimum atomic E-state index is -4.68. The van der Waals surface area contributed by atoms with Crippen LogP contribution >= 0.6 is 0 Å². The van der Waals surface area contributed by atoms with E-state index in [1.807, 2.05) is 24.0 Å². The largest absolute Gasteiger partial charge is 0.417 e. The van der Waals surface area contributed by atoms with Crippen LogP contribution in [-0.4, -0.2) is 67.1 Å². The van der Waals surface area contributed by atoms with Gasteiger partial charge in [0.1, 0.15) is 5.67 Å². The number of halogens is 4. The maximum Gasteiger partial charge on any atom is 0.417 e. The van der Waals surface area contributed by atoms with E-state index < -0.39 is 17.4 Å². The van der Waals surface area contributed by atoms with Gasteiger partial charge in [0.2, 0.25) is 5.82 Å². The number of hydrogen-bond donors (Lipinski definition) is 1. The summed E-state index contributed by atoms with van der Waals surface area (Å²) >= 11 is 0. The Morgan fingerprint density at radius 2 is 1.91 bits per heavy atom. The highest BCUT2D eigenvalue weighted by atomic mass is 19.4. The number of nitrogens with zero attached hydrogens (tertiary/aromatic N) is 7. The van der Waals surface area contributed by atoms with Crippen molar-refractivity contribution < 1.29 is 17.6 Å². The summed E-state index contributed by atoms with van der Waals surface area (Å²) < 4.78 is 56.9. The molecule has 1 aliphatic heterocycles. The Morgan fingerprint density at radius 3 is 2.50 bits per heavy atom. The molecule has 182 valence electrons. The van der Waals surface area contributed by atoms with Crippen molar-refractivity contribution in [1.82, 2.24) is 35.7 Å². The number of benzene rings is 1. The molecule has 0 bridgehead atoms. The van der Waals surface area contributed by atoms with Crippen LogP contribution in [0.5, 0.6) is 0 Å². The van der Waals surface area contributed by atoms with Crippen molar-refractivity contribution in [1.29, 1.82) is 0 Å². The molecule has 0 unspecified atom stereocenters. The summed E-state index contributed by atoms with van der Waals surface area (Å²) in [5.74, 6) is -0.150. The highest BCUT2D eigenvalue weighted by Crippen LogP contribution is 2.43. The second-order valence-corrected chi connectivity index (χ2v) is 9.15. The van der Waals surface area contributed by atoms with Gasteiger partial charge in [0.15, 0.2) is 0 Å². The van der Waals surface area contributed by atoms with Crippen molar-refractivity contribution in [3.8, 4) is 11.4 Å². The zero-order valence-electron chi connectivity index (χ0n) is 19.1. The predicted octanol–water partition coefficient (Wildman–Crippen LogP) is 3.68. The molecule has 0 aliphatic carbocycles. The van der Waals surface area contributed by atoms with E-state index in [4.69, 9.17) is 0 Å². The molecule has 3 aromatic rings. The zero-order valence-corrected chi connectivity index (χ0v) is 19.1. The topological polar surface area (TPSA) is 86.7 Å². The third-order valence-electron chi connectivity index (χ3n) is 5.77. The lowest BCUT2D eigenvalue weighted by atomic mass is 9.93. The van der Waals surface area contributed by atoms with Gasteiger partial charge in [-0.15, -0.1) is 10.2 Å². The van der Waals surface area contributed by atoms with E-state index in [1.54, 1.807) is 12.3 Å². The molecule has 2 aromatic heterocycles. The number of aromatic nitrogens is 6. The molecule has 0 radical (unpaired) electrons. The number of rotatable bonds is 6. The average molecular weight is 478 g/mol. The molecule has 4 rings (SSSR count). The Balaban J connectivity index is 1.72. The number of alkyl halides is 4. The first-order chi connectivity index (χ1) is 16.0. The fourth-order valence-corrected chi connectivity index (χ4v) is 4.32. The number of nitrogens with one attached hydrogen (secondary N) is 1. The number of anilines is 1. The zero-order chi connectivity index (χ0) is 24.5. The molecule has 1 N–H and O–H groups in total. The van der Waals surface area contributed by atoms with Gasteiger partial charge in [-0.1, -0.05) is 0 Å². The molecule has 0 spiro atoms. The van der Waals surface area contributed by atoms with Crippen LogP contribution in [0.25, 0.3) is 11.4 Å². The Hall–Kier alpha value is -3.15. The van der Waals surface area contributed by atoms with Crippen molar-refractivity contribution in [3.63, 3.8) is 0 Å². The standard InChI is InChI=1S/C22H26F4N8/c1-14-12-34(8-7-33(14)13-16-5-4-6-27-28-16)18-10-15(11-21(2,3)23)9-17(22(24,25)26)19(18)20-29-31-32-30-20/h4-6,9-10,14H,7-8,11-13H2,1-3H3,(H,29,30,31,32)/t14-/m0/s1. The van der Waals surface area contributed by atoms with Crippen molar-refractivity contribution in [2.45, 2.75) is 51.6 Å². The van der Waals surface area contributed by atoms with Gasteiger partial charge in [-0.2, -0.15) is 28.6 Å². The van der Waals surface area contributed by atoms with E-state index in [0.29, 0.717) is 31.9 Å². The number of H-pyrrole nitrogens is 1. The second-order valence-electron chi connectivity index (χ2n) is 9.15. The highest BCUT2D eigenvalue weighted by Gasteiger charge is 2.39. The Bertz CT molecular complexity index is 1100. The van der Waals surface area contributed by atoms with E-state index >= 15 is 0 Å². The van der Waals surface area contributed by atoms with Crippen molar-refractivity contribution >= 4 is 5.69 Å². The van der Waals surface area contributed by atoms with Gasteiger partial charge >= 0.3 is 6.18 Å². The Morgan fingerprint density at radius 1 is 1.12 bits per heavy atom. The quantitative estimate of drug-likeness (QED) is 0.541. The molecule has 34 heavy (non-hydrogen) atoms. The molecular weight excluding hydrogens is 452 g/mol. The summed E-state index contributed by atoms with van der Waals surface area (Å²) in [7, 11) is 0. The lowest BCUT2D eigenvalue weighted by Crippen LogP contribution is -2.51. The minimum Gasteiger partial charge on any atom is -0.368 e. The molecular formula is C22H26F4N8. The van der Waals surface area contributed by atoms with E-state index in [1.165, 1.54) is 13.8 Å². The first-order valence-corrected chi connectivity index (χ1v) is 10.9. The normalized spacial score (nSPS) is 17.9. The van der Waals surface area contributed by atoms with Crippen molar-refractivity contribution in [2.24, 2.45) is 0 Å². The maximum atomic E-state index is 14.4. The number of piperazine rings is 1. The van der Waals surface area contributed by atoms with Crippen molar-refractivity contribution in [3.05, 3.63) is 47.3 Å². The lowest BCUT2D eigenvalue weighted by Gasteiger charge is -2.41. The van der Waals surface area contributed by atoms with E-state index in [2.05, 4.69) is 35.7 Å². The molecule has 8 nitrogen and oxygen atoms in total. The summed E-state index contributed by atoms with van der Waals surface area (Å²) in [6, 6.07) is 6.33. The third kappa shape index (κ3) is 5.49. The number of aromatic amines is 1. The van der Waals surface area contributed by atoms with Crippen LogP contribution in [0.4, 0.5) is 23.2 Å². The van der Waals surface area contributed by atoms with Crippen LogP contribution in [0.2, 0.25) is 0 Å². The average Bonchev–Trinajstić information content (AvgIpc) is 3.28. The fraction of sp³-hybridized carbons (Fsp3) is 0.500. The third-order valence-corrected chi connectivity index (χ3v) is 5.77. The smallest absolute Gasteiger partial charge is 0.368 e. The molecule has 0 amide bonds. The maximum absolute atomic E-state index is 14.4. The fourth-order valence-electron chi connectivity index (χ4n) is 4.32. The van der Waals surface area contributed by atoms with Crippen LogP contribution in [0.15, 0.2) is 30.5 Å². The van der Waals surface area contributed by atoms with Crippen LogP contribution < -0.4 is 4.90 Å². The van der Waals surface area contributed by atoms with E-state index in [9.17, 15) is 17.6 Å². The Kier molecular flexibility index (Phi) is 6.52. The van der Waals surface area contributed by atoms with Crippen LogP contribution in [0.3, 0.4) is 0 Å². The molecule has 1 aromatic carbocycles. The number of tetrazole rings is 1. The Labute approximate surface area is 194 Å². The summed E-state index contributed by atoms with van der Waals surface area (Å²) in [4.78, 5) is 4.08. The van der Waals surface area contributed by atoms with Crippen LogP contribution in [0.1, 0.15) is 37.6 Å². The van der Waals surface area contributed by atoms with Crippen molar-refractivity contribution in [2.75, 3.05) is 24.5 Å². The summed E-state index contributed by atoms with van der Waals surface area (Å²) in [6.45, 7) is 6.82. The number of hydrogen-bond acceptors (Lipinski definition) is 7. The van der Waals surface area contributed by atoms with Gasteiger partial charge in [0, 0.05) is 50.5 Å². The van der Waals surface area contributed by atoms with Gasteiger partial charge in [0.05, 0.1) is 16.8 Å². The summed E-state index contributed by atoms with van der Waals surface area (Å²) in [5, 5.41) is 21.4. The van der Waals surface area contributed by atoms with E-state index in [-0.39, 0.29) is 29.4 Å². The first kappa shape index (κ1) is 24.0. The molecule has 1 aliphatic rings. The minimum absolute atomic E-state index is 0.0180. The summed E-state index contributed by atoms with van der Waals surface area (Å²) in [5.41, 5.74) is -1.33. The molecule has 0 saturated carbocycles. The van der Waals surface area contributed by atoms with Gasteiger partial charge in [-0.05, 0) is 55.8 Å². The predicted molar refractivity (Wildman–Crippen MR) is 118 cm³/mol. The van der Waals surface area contributed by atoms with Gasteiger partial charge in [0.25, 0.3) is 0 Å². The summed E-state index contributed by atoms with van der Waals surface area (Å²) in [6.07, 6.45) is -3.23. The molecule has 1 fully saturated rings. The van der Waals surface area contributed by atoms with Gasteiger partial charge in [-0.25, -0.2) is 4.39 Å². The molecule has 12 heteroatoms. The van der Waals surface area contributed by atoms with Crippen LogP contribution in [0, 0.1) is 0 Å².